The van der Waals surface area contributed by atoms with Crippen molar-refractivity contribution in [1.29, 1.82) is 5.26 Å². The molecular weight excluding hydrogens is 268 g/mol. The second-order valence-electron chi connectivity index (χ2n) is 4.39. The minimum Gasteiger partial charge on any atom is -0.477 e. The molecule has 1 aromatic carbocycles. The molecule has 21 heavy (non-hydrogen) atoms. The molecule has 1 amide bonds. The van der Waals surface area contributed by atoms with Crippen molar-refractivity contribution in [3.05, 3.63) is 41.5 Å². The Morgan fingerprint density at radius 1 is 1.43 bits per heavy atom. The molecule has 0 fully saturated rings. The first kappa shape index (κ1) is 16.3. The monoisotopic (exact) mass is 284 g/mol. The van der Waals surface area contributed by atoms with Crippen molar-refractivity contribution < 1.29 is 14.7 Å². The number of nitriles is 1. The summed E-state index contributed by atoms with van der Waals surface area (Å²) in [6.45, 7) is 1.28. The number of carboxylic acid groups (broad SMARTS) is 1. The van der Waals surface area contributed by atoms with E-state index in [4.69, 9.17) is 10.4 Å². The third-order valence-corrected chi connectivity index (χ3v) is 2.68. The molecule has 0 bridgehead atoms. The quantitative estimate of drug-likeness (QED) is 0.642. The molecule has 5 heteroatoms. The molecule has 1 rings (SSSR count). The Kier molecular flexibility index (Phi) is 6.55. The molecule has 0 saturated heterocycles. The zero-order chi connectivity index (χ0) is 15.7. The maximum Gasteiger partial charge on any atom is 0.350 e. The van der Waals surface area contributed by atoms with Crippen LogP contribution in [0.3, 0.4) is 0 Å². The summed E-state index contributed by atoms with van der Waals surface area (Å²) in [4.78, 5) is 26.0. The highest BCUT2D eigenvalue weighted by Crippen LogP contribution is 2.10. The van der Waals surface area contributed by atoms with E-state index in [1.807, 2.05) is 18.2 Å². The number of amides is 1. The number of nitrogens with zero attached hydrogens (tertiary/aromatic N) is 2. The van der Waals surface area contributed by atoms with Crippen molar-refractivity contribution in [1.82, 2.24) is 0 Å². The number of unbranched alkanes of at least 4 members (excludes halogenated alkanes) is 2. The molecule has 1 N–H and O–H groups in total. The Bertz CT molecular complexity index is 625. The zero-order valence-corrected chi connectivity index (χ0v) is 11.7. The Morgan fingerprint density at radius 2 is 2.19 bits per heavy atom. The van der Waals surface area contributed by atoms with E-state index in [1.54, 1.807) is 18.2 Å². The Labute approximate surface area is 123 Å². The fourth-order valence-corrected chi connectivity index (χ4v) is 1.56. The maximum absolute atomic E-state index is 11.8. The summed E-state index contributed by atoms with van der Waals surface area (Å²) >= 11 is 0. The van der Waals surface area contributed by atoms with Crippen molar-refractivity contribution in [3.63, 3.8) is 0 Å². The molecule has 0 aliphatic rings. The lowest BCUT2D eigenvalue weighted by molar-refractivity contribution is -0.129. The predicted octanol–water partition coefficient (Wildman–Crippen LogP) is 3.08. The Hall–Kier alpha value is -2.74. The first-order chi connectivity index (χ1) is 10.0. The van der Waals surface area contributed by atoms with Gasteiger partial charge in [0.2, 0.25) is 0 Å². The van der Waals surface area contributed by atoms with Crippen LogP contribution in [0.25, 0.3) is 6.08 Å². The molecule has 0 aromatic heterocycles. The van der Waals surface area contributed by atoms with Crippen LogP contribution in [0.2, 0.25) is 0 Å². The first-order valence-corrected chi connectivity index (χ1v) is 6.51. The van der Waals surface area contributed by atoms with Crippen LogP contribution in [0.5, 0.6) is 0 Å². The summed E-state index contributed by atoms with van der Waals surface area (Å²) in [5.74, 6) is -1.79. The lowest BCUT2D eigenvalue weighted by Crippen LogP contribution is -2.11. The number of allylic oxidation sites excluding steroid dienone is 1. The van der Waals surface area contributed by atoms with Crippen LogP contribution >= 0.6 is 0 Å². The number of carbonyl (C=O) groups is 2. The van der Waals surface area contributed by atoms with E-state index in [9.17, 15) is 9.59 Å². The second kappa shape index (κ2) is 8.43. The molecule has 0 aliphatic heterocycles. The molecule has 1 aromatic rings. The van der Waals surface area contributed by atoms with Gasteiger partial charge in [0.1, 0.15) is 5.71 Å². The van der Waals surface area contributed by atoms with Crippen LogP contribution in [0.1, 0.15) is 42.1 Å². The van der Waals surface area contributed by atoms with Gasteiger partial charge in [-0.2, -0.15) is 5.26 Å². The number of hydrogen-bond acceptors (Lipinski definition) is 3. The molecule has 0 unspecified atom stereocenters. The summed E-state index contributed by atoms with van der Waals surface area (Å²) in [7, 11) is 0. The van der Waals surface area contributed by atoms with Crippen LogP contribution in [-0.4, -0.2) is 22.7 Å². The fourth-order valence-electron chi connectivity index (χ4n) is 1.56. The van der Waals surface area contributed by atoms with Gasteiger partial charge in [-0.05, 0) is 37.5 Å². The number of aliphatic imine (C=N–C) groups is 1. The highest BCUT2D eigenvalue weighted by Gasteiger charge is 2.08. The van der Waals surface area contributed by atoms with Crippen molar-refractivity contribution in [2.75, 3.05) is 0 Å². The maximum atomic E-state index is 11.8. The molecule has 0 saturated carbocycles. The Balaban J connectivity index is 2.77. The van der Waals surface area contributed by atoms with Crippen molar-refractivity contribution >= 4 is 23.7 Å². The minimum atomic E-state index is -1.21. The van der Waals surface area contributed by atoms with Crippen molar-refractivity contribution in [2.45, 2.75) is 26.2 Å². The number of carboxylic acids is 1. The summed E-state index contributed by atoms with van der Waals surface area (Å²) in [6, 6.07) is 8.88. The molecule has 5 nitrogen and oxygen atoms in total. The van der Waals surface area contributed by atoms with Gasteiger partial charge in [-0.1, -0.05) is 24.3 Å². The fraction of sp³-hybridized carbons (Fsp3) is 0.250. The van der Waals surface area contributed by atoms with Crippen LogP contribution in [-0.2, 0) is 4.79 Å². The van der Waals surface area contributed by atoms with Gasteiger partial charge in [-0.15, -0.1) is 0 Å². The van der Waals surface area contributed by atoms with Gasteiger partial charge < -0.3 is 5.11 Å². The highest BCUT2D eigenvalue weighted by atomic mass is 16.4. The van der Waals surface area contributed by atoms with E-state index < -0.39 is 11.9 Å². The van der Waals surface area contributed by atoms with E-state index in [0.717, 1.165) is 18.4 Å². The molecular formula is C16H16N2O3. The van der Waals surface area contributed by atoms with E-state index >= 15 is 0 Å². The predicted molar refractivity (Wildman–Crippen MR) is 80.0 cm³/mol. The Morgan fingerprint density at radius 3 is 2.86 bits per heavy atom. The van der Waals surface area contributed by atoms with E-state index in [2.05, 4.69) is 11.1 Å². The van der Waals surface area contributed by atoms with Crippen molar-refractivity contribution in [2.24, 2.45) is 4.99 Å². The van der Waals surface area contributed by atoms with Gasteiger partial charge in [-0.25, -0.2) is 9.79 Å². The number of aliphatic carboxylic acids is 1. The van der Waals surface area contributed by atoms with E-state index in [0.29, 0.717) is 12.0 Å². The largest absolute Gasteiger partial charge is 0.477 e. The molecule has 0 heterocycles. The molecule has 0 aliphatic carbocycles. The molecule has 0 spiro atoms. The van der Waals surface area contributed by atoms with Crippen LogP contribution in [0.15, 0.2) is 35.3 Å². The minimum absolute atomic E-state index is 0.238. The average molecular weight is 284 g/mol. The summed E-state index contributed by atoms with van der Waals surface area (Å²) in [5, 5.41) is 17.1. The van der Waals surface area contributed by atoms with Gasteiger partial charge in [-0.3, -0.25) is 4.79 Å². The summed E-state index contributed by atoms with van der Waals surface area (Å²) in [5.41, 5.74) is 0.938. The highest BCUT2D eigenvalue weighted by molar-refractivity contribution is 6.36. The third kappa shape index (κ3) is 5.83. The average Bonchev–Trinajstić information content (AvgIpc) is 2.47. The number of benzene rings is 1. The van der Waals surface area contributed by atoms with Crippen molar-refractivity contribution in [3.8, 4) is 6.07 Å². The first-order valence-electron chi connectivity index (χ1n) is 6.51. The van der Waals surface area contributed by atoms with Crippen LogP contribution in [0.4, 0.5) is 0 Å². The van der Waals surface area contributed by atoms with Gasteiger partial charge in [0, 0.05) is 12.0 Å². The second-order valence-corrected chi connectivity index (χ2v) is 4.39. The number of carbonyl (C=O) groups excluding carboxylic acids is 1. The smallest absolute Gasteiger partial charge is 0.350 e. The lowest BCUT2D eigenvalue weighted by Gasteiger charge is -1.99. The van der Waals surface area contributed by atoms with Gasteiger partial charge in [0.15, 0.2) is 0 Å². The standard InChI is InChI=1S/C16H16N2O3/c1-12(16(20)21)18-15(19)14-9-6-8-13(11-14)7-4-2-3-5-10-17/h4,6-9,11H,2-3,5H2,1H3,(H,20,21)/b7-4-,18-12?. The lowest BCUT2D eigenvalue weighted by atomic mass is 10.1. The number of rotatable bonds is 6. The van der Waals surface area contributed by atoms with Gasteiger partial charge in [0.25, 0.3) is 5.91 Å². The number of hydrogen-bond donors (Lipinski definition) is 1. The van der Waals surface area contributed by atoms with Gasteiger partial charge in [0.05, 0.1) is 6.07 Å². The van der Waals surface area contributed by atoms with Crippen LogP contribution < -0.4 is 0 Å². The topological polar surface area (TPSA) is 90.5 Å². The van der Waals surface area contributed by atoms with Gasteiger partial charge >= 0.3 is 5.97 Å². The normalized spacial score (nSPS) is 11.3. The van der Waals surface area contributed by atoms with E-state index in [1.165, 1.54) is 6.92 Å². The van der Waals surface area contributed by atoms with E-state index in [-0.39, 0.29) is 5.71 Å². The summed E-state index contributed by atoms with van der Waals surface area (Å²) in [6.07, 6.45) is 5.91. The molecule has 0 radical (unpaired) electrons. The molecule has 0 atom stereocenters. The zero-order valence-electron chi connectivity index (χ0n) is 11.7. The summed E-state index contributed by atoms with van der Waals surface area (Å²) < 4.78 is 0. The molecule has 108 valence electrons. The SMILES string of the molecule is CC(=NC(=O)c1cccc(/C=C\CCCC#N)c1)C(=O)O. The van der Waals surface area contributed by atoms with Crippen LogP contribution in [0, 0.1) is 11.3 Å². The third-order valence-electron chi connectivity index (χ3n) is 2.68.